The summed E-state index contributed by atoms with van der Waals surface area (Å²) in [5.41, 5.74) is 3.14. The molecular formula is C30H29NO6S. The SMILES string of the molecule is COc1ccc(C2Oc3c(OCc4ccccc4)cc(NS(=O)(=O)c4ccccc4)cc3C2C)cc1OC. The molecule has 0 fully saturated rings. The number of nitrogens with one attached hydrogen (secondary N) is 1. The van der Waals surface area contributed by atoms with Gasteiger partial charge in [-0.05, 0) is 41.5 Å². The van der Waals surface area contributed by atoms with Crippen molar-refractivity contribution in [1.29, 1.82) is 0 Å². The summed E-state index contributed by atoms with van der Waals surface area (Å²) >= 11 is 0. The summed E-state index contributed by atoms with van der Waals surface area (Å²) < 4.78 is 52.4. The lowest BCUT2D eigenvalue weighted by molar-refractivity contribution is 0.201. The molecule has 2 unspecified atom stereocenters. The fourth-order valence-corrected chi connectivity index (χ4v) is 5.64. The van der Waals surface area contributed by atoms with Crippen LogP contribution in [0.3, 0.4) is 0 Å². The van der Waals surface area contributed by atoms with Gasteiger partial charge in [-0.25, -0.2) is 8.42 Å². The molecule has 8 heteroatoms. The van der Waals surface area contributed by atoms with E-state index in [0.29, 0.717) is 35.3 Å². The standard InChI is InChI=1S/C30H29NO6S/c1-20-25-17-23(31-38(32,33)24-12-8-5-9-13-24)18-28(36-19-21-10-6-4-7-11-21)30(25)37-29(20)22-14-15-26(34-2)27(16-22)35-3/h4-18,20,29,31H,19H2,1-3H3. The van der Waals surface area contributed by atoms with E-state index in [1.807, 2.05) is 61.5 Å². The van der Waals surface area contributed by atoms with Gasteiger partial charge in [0, 0.05) is 17.5 Å². The summed E-state index contributed by atoms with van der Waals surface area (Å²) in [5, 5.41) is 0. The summed E-state index contributed by atoms with van der Waals surface area (Å²) in [4.78, 5) is 0.180. The van der Waals surface area contributed by atoms with E-state index < -0.39 is 10.0 Å². The Kier molecular flexibility index (Phi) is 7.15. The maximum atomic E-state index is 13.1. The van der Waals surface area contributed by atoms with Crippen LogP contribution in [0.15, 0.2) is 95.9 Å². The molecule has 0 spiro atoms. The number of hydrogen-bond donors (Lipinski definition) is 1. The van der Waals surface area contributed by atoms with Crippen LogP contribution < -0.4 is 23.7 Å². The van der Waals surface area contributed by atoms with Crippen molar-refractivity contribution in [3.63, 3.8) is 0 Å². The zero-order valence-corrected chi connectivity index (χ0v) is 22.2. The third-order valence-corrected chi connectivity index (χ3v) is 7.95. The minimum absolute atomic E-state index is 0.0941. The largest absolute Gasteiger partial charge is 0.493 e. The van der Waals surface area contributed by atoms with Gasteiger partial charge in [0.15, 0.2) is 23.0 Å². The molecule has 4 aromatic rings. The summed E-state index contributed by atoms with van der Waals surface area (Å²) in [6, 6.07) is 27.2. The summed E-state index contributed by atoms with van der Waals surface area (Å²) in [6.45, 7) is 2.35. The second kappa shape index (κ2) is 10.7. The minimum atomic E-state index is -3.79. The predicted molar refractivity (Wildman–Crippen MR) is 146 cm³/mol. The molecule has 0 bridgehead atoms. The molecule has 2 atom stereocenters. The Bertz CT molecular complexity index is 1520. The number of ether oxygens (including phenoxy) is 4. The van der Waals surface area contributed by atoms with Gasteiger partial charge in [-0.15, -0.1) is 0 Å². The first-order valence-electron chi connectivity index (χ1n) is 12.2. The first-order valence-corrected chi connectivity index (χ1v) is 13.7. The first-order chi connectivity index (χ1) is 18.4. The number of fused-ring (bicyclic) bond motifs is 1. The number of methoxy groups -OCH3 is 2. The number of sulfonamides is 1. The van der Waals surface area contributed by atoms with Crippen molar-refractivity contribution < 1.29 is 27.4 Å². The molecule has 1 N–H and O–H groups in total. The molecule has 0 radical (unpaired) electrons. The van der Waals surface area contributed by atoms with E-state index in [1.54, 1.807) is 50.6 Å². The lowest BCUT2D eigenvalue weighted by Gasteiger charge is -2.18. The molecule has 38 heavy (non-hydrogen) atoms. The van der Waals surface area contributed by atoms with Crippen LogP contribution in [-0.2, 0) is 16.6 Å². The number of anilines is 1. The summed E-state index contributed by atoms with van der Waals surface area (Å²) in [5.74, 6) is 2.20. The molecule has 0 aliphatic carbocycles. The minimum Gasteiger partial charge on any atom is -0.493 e. The molecule has 0 saturated heterocycles. The highest BCUT2D eigenvalue weighted by Crippen LogP contribution is 2.52. The van der Waals surface area contributed by atoms with E-state index in [9.17, 15) is 8.42 Å². The molecular weight excluding hydrogens is 502 g/mol. The lowest BCUT2D eigenvalue weighted by Crippen LogP contribution is -2.13. The zero-order chi connectivity index (χ0) is 26.7. The van der Waals surface area contributed by atoms with Gasteiger partial charge >= 0.3 is 0 Å². The van der Waals surface area contributed by atoms with E-state index in [4.69, 9.17) is 18.9 Å². The smallest absolute Gasteiger partial charge is 0.261 e. The van der Waals surface area contributed by atoms with Crippen LogP contribution >= 0.6 is 0 Å². The van der Waals surface area contributed by atoms with Crippen LogP contribution in [0.5, 0.6) is 23.0 Å². The topological polar surface area (TPSA) is 83.1 Å². The maximum Gasteiger partial charge on any atom is 0.261 e. The Balaban J connectivity index is 1.51. The third kappa shape index (κ3) is 5.13. The molecule has 4 aromatic carbocycles. The molecule has 196 valence electrons. The number of rotatable bonds is 9. The molecule has 1 heterocycles. The van der Waals surface area contributed by atoms with Crippen LogP contribution in [0.25, 0.3) is 0 Å². The van der Waals surface area contributed by atoms with Crippen molar-refractivity contribution in [3.8, 4) is 23.0 Å². The Morgan fingerprint density at radius 2 is 1.50 bits per heavy atom. The van der Waals surface area contributed by atoms with Crippen LogP contribution in [0, 0.1) is 0 Å². The first kappa shape index (κ1) is 25.5. The Labute approximate surface area is 223 Å². The fraction of sp³-hybridized carbons (Fsp3) is 0.200. The Morgan fingerprint density at radius 1 is 0.816 bits per heavy atom. The monoisotopic (exact) mass is 531 g/mol. The molecule has 0 amide bonds. The van der Waals surface area contributed by atoms with Crippen LogP contribution in [-0.4, -0.2) is 22.6 Å². The van der Waals surface area contributed by atoms with Crippen molar-refractivity contribution in [1.82, 2.24) is 0 Å². The molecule has 1 aliphatic rings. The van der Waals surface area contributed by atoms with E-state index >= 15 is 0 Å². The zero-order valence-electron chi connectivity index (χ0n) is 21.4. The maximum absolute atomic E-state index is 13.1. The fourth-order valence-electron chi connectivity index (χ4n) is 4.58. The quantitative estimate of drug-likeness (QED) is 0.272. The van der Waals surface area contributed by atoms with Gasteiger partial charge in [-0.2, -0.15) is 0 Å². The van der Waals surface area contributed by atoms with Crippen molar-refractivity contribution in [3.05, 3.63) is 108 Å². The van der Waals surface area contributed by atoms with Crippen LogP contribution in [0.4, 0.5) is 5.69 Å². The van der Waals surface area contributed by atoms with Crippen LogP contribution in [0.2, 0.25) is 0 Å². The van der Waals surface area contributed by atoms with Crippen molar-refractivity contribution in [2.24, 2.45) is 0 Å². The van der Waals surface area contributed by atoms with E-state index in [1.165, 1.54) is 0 Å². The van der Waals surface area contributed by atoms with E-state index in [2.05, 4.69) is 4.72 Å². The predicted octanol–water partition coefficient (Wildman–Crippen LogP) is 6.32. The average molecular weight is 532 g/mol. The van der Waals surface area contributed by atoms with Crippen molar-refractivity contribution in [2.75, 3.05) is 18.9 Å². The molecule has 7 nitrogen and oxygen atoms in total. The number of hydrogen-bond acceptors (Lipinski definition) is 6. The Morgan fingerprint density at radius 3 is 2.18 bits per heavy atom. The second-order valence-electron chi connectivity index (χ2n) is 9.03. The van der Waals surface area contributed by atoms with Gasteiger partial charge in [-0.3, -0.25) is 4.72 Å². The Hall–Kier alpha value is -4.17. The highest BCUT2D eigenvalue weighted by Gasteiger charge is 2.36. The van der Waals surface area contributed by atoms with Gasteiger partial charge in [0.25, 0.3) is 10.0 Å². The highest BCUT2D eigenvalue weighted by molar-refractivity contribution is 7.92. The normalized spacial score (nSPS) is 16.3. The van der Waals surface area contributed by atoms with Crippen molar-refractivity contribution in [2.45, 2.75) is 30.4 Å². The van der Waals surface area contributed by atoms with E-state index in [0.717, 1.165) is 16.7 Å². The van der Waals surface area contributed by atoms with Gasteiger partial charge < -0.3 is 18.9 Å². The number of benzene rings is 4. The summed E-state index contributed by atoms with van der Waals surface area (Å²) in [6.07, 6.45) is -0.329. The van der Waals surface area contributed by atoms with Crippen LogP contribution in [0.1, 0.15) is 35.6 Å². The van der Waals surface area contributed by atoms with Gasteiger partial charge in [0.05, 0.1) is 24.8 Å². The highest BCUT2D eigenvalue weighted by atomic mass is 32.2. The summed E-state index contributed by atoms with van der Waals surface area (Å²) in [7, 11) is -0.604. The molecule has 0 aromatic heterocycles. The van der Waals surface area contributed by atoms with Crippen molar-refractivity contribution >= 4 is 15.7 Å². The average Bonchev–Trinajstić information content (AvgIpc) is 3.28. The molecule has 5 rings (SSSR count). The molecule has 0 saturated carbocycles. The van der Waals surface area contributed by atoms with E-state index in [-0.39, 0.29) is 16.9 Å². The van der Waals surface area contributed by atoms with Gasteiger partial charge in [-0.1, -0.05) is 61.5 Å². The van der Waals surface area contributed by atoms with Gasteiger partial charge in [0.1, 0.15) is 12.7 Å². The molecule has 1 aliphatic heterocycles. The second-order valence-corrected chi connectivity index (χ2v) is 10.7. The lowest BCUT2D eigenvalue weighted by atomic mass is 9.92. The third-order valence-electron chi connectivity index (χ3n) is 6.55. The van der Waals surface area contributed by atoms with Gasteiger partial charge in [0.2, 0.25) is 0 Å².